The fourth-order valence-electron chi connectivity index (χ4n) is 2.33. The van der Waals surface area contributed by atoms with Crippen LogP contribution in [0.1, 0.15) is 23.6 Å². The molecule has 2 aromatic carbocycles. The quantitative estimate of drug-likeness (QED) is 0.290. The van der Waals surface area contributed by atoms with Crippen LogP contribution in [0.2, 0.25) is 0 Å². The molecule has 0 radical (unpaired) electrons. The van der Waals surface area contributed by atoms with E-state index in [9.17, 15) is 5.11 Å². The van der Waals surface area contributed by atoms with Crippen molar-refractivity contribution < 1.29 is 9.84 Å². The summed E-state index contributed by atoms with van der Waals surface area (Å²) in [6.45, 7) is 4.35. The minimum atomic E-state index is 0.161. The number of phenols is 1. The van der Waals surface area contributed by atoms with E-state index >= 15 is 0 Å². The number of ether oxygens (including phenoxy) is 1. The molecule has 0 fully saturated rings. The Hall–Kier alpha value is -1.99. The van der Waals surface area contributed by atoms with Gasteiger partial charge in [0.05, 0.1) is 8.95 Å². The lowest BCUT2D eigenvalue weighted by atomic mass is 10.1. The van der Waals surface area contributed by atoms with E-state index in [-0.39, 0.29) is 12.4 Å². The number of aliphatic imine (C=N–C) groups is 1. The highest BCUT2D eigenvalue weighted by Gasteiger charge is 2.06. The summed E-state index contributed by atoms with van der Waals surface area (Å²) in [4.78, 5) is 4.34. The second kappa shape index (κ2) is 10.4. The standard InChI is InChI=1S/C20H21Br2N3O2/c1-4-15-6-5-13(2)9-18(15)27-12-19(25-23-3)24-8-7-14-10-16(21)20(26)17(22)11-14/h5-11,26H,4,12H2,1-3H3/b8-7+,24-19?,25-23?. The lowest BCUT2D eigenvalue weighted by Crippen LogP contribution is -2.09. The van der Waals surface area contributed by atoms with Gasteiger partial charge in [0.2, 0.25) is 0 Å². The van der Waals surface area contributed by atoms with E-state index in [1.807, 2.05) is 19.1 Å². The summed E-state index contributed by atoms with van der Waals surface area (Å²) in [5, 5.41) is 17.6. The van der Waals surface area contributed by atoms with Crippen LogP contribution in [0.4, 0.5) is 0 Å². The molecule has 0 aliphatic carbocycles. The summed E-state index contributed by atoms with van der Waals surface area (Å²) in [5.41, 5.74) is 3.15. The first-order valence-corrected chi connectivity index (χ1v) is 9.96. The molecule has 2 aromatic rings. The highest BCUT2D eigenvalue weighted by molar-refractivity contribution is 9.11. The summed E-state index contributed by atoms with van der Waals surface area (Å²) in [5.74, 6) is 1.47. The smallest absolute Gasteiger partial charge is 0.188 e. The van der Waals surface area contributed by atoms with E-state index in [1.165, 1.54) is 0 Å². The number of amidine groups is 1. The summed E-state index contributed by atoms with van der Waals surface area (Å²) in [6, 6.07) is 9.75. The van der Waals surface area contributed by atoms with Crippen LogP contribution >= 0.6 is 31.9 Å². The topological polar surface area (TPSA) is 66.5 Å². The normalized spacial score (nSPS) is 12.3. The minimum Gasteiger partial charge on any atom is -0.506 e. The fraction of sp³-hybridized carbons (Fsp3) is 0.250. The SMILES string of the molecule is CCc1ccc(C)cc1OCC(N=NC)=N/C=C/c1cc(Br)c(O)c(Br)c1. The van der Waals surface area contributed by atoms with Crippen molar-refractivity contribution in [3.63, 3.8) is 0 Å². The van der Waals surface area contributed by atoms with Gasteiger partial charge in [-0.15, -0.1) is 5.11 Å². The Morgan fingerprint density at radius 3 is 2.52 bits per heavy atom. The van der Waals surface area contributed by atoms with Gasteiger partial charge in [0, 0.05) is 13.2 Å². The molecule has 0 bridgehead atoms. The number of phenolic OH excluding ortho intramolecular Hbond substituents is 1. The third-order valence-corrected chi connectivity index (χ3v) is 4.91. The van der Waals surface area contributed by atoms with Crippen LogP contribution in [0, 0.1) is 6.92 Å². The average molecular weight is 495 g/mol. The number of aromatic hydroxyl groups is 1. The Labute approximate surface area is 176 Å². The Bertz CT molecular complexity index is 870. The summed E-state index contributed by atoms with van der Waals surface area (Å²) < 4.78 is 7.12. The predicted molar refractivity (Wildman–Crippen MR) is 117 cm³/mol. The van der Waals surface area contributed by atoms with Gasteiger partial charge in [-0.1, -0.05) is 19.1 Å². The van der Waals surface area contributed by atoms with Gasteiger partial charge in [-0.3, -0.25) is 0 Å². The average Bonchev–Trinajstić information content (AvgIpc) is 2.64. The third kappa shape index (κ3) is 6.29. The second-order valence-corrected chi connectivity index (χ2v) is 7.46. The van der Waals surface area contributed by atoms with Crippen molar-refractivity contribution >= 4 is 43.8 Å². The summed E-state index contributed by atoms with van der Waals surface area (Å²) >= 11 is 6.62. The monoisotopic (exact) mass is 493 g/mol. The Balaban J connectivity index is 2.14. The zero-order chi connectivity index (χ0) is 19.8. The van der Waals surface area contributed by atoms with Crippen LogP contribution in [0.15, 0.2) is 60.7 Å². The van der Waals surface area contributed by atoms with Crippen LogP contribution in [-0.4, -0.2) is 24.6 Å². The first kappa shape index (κ1) is 21.3. The van der Waals surface area contributed by atoms with E-state index in [0.29, 0.717) is 14.8 Å². The van der Waals surface area contributed by atoms with Crippen LogP contribution in [0.5, 0.6) is 11.5 Å². The van der Waals surface area contributed by atoms with Crippen molar-refractivity contribution in [2.24, 2.45) is 15.2 Å². The molecule has 0 atom stereocenters. The number of hydrogen-bond acceptors (Lipinski definition) is 4. The number of rotatable bonds is 6. The highest BCUT2D eigenvalue weighted by atomic mass is 79.9. The van der Waals surface area contributed by atoms with Crippen LogP contribution in [-0.2, 0) is 6.42 Å². The van der Waals surface area contributed by atoms with Crippen molar-refractivity contribution in [1.82, 2.24) is 0 Å². The maximum absolute atomic E-state index is 9.77. The molecule has 0 spiro atoms. The van der Waals surface area contributed by atoms with E-state index in [0.717, 1.165) is 28.9 Å². The van der Waals surface area contributed by atoms with Gasteiger partial charge in [0.15, 0.2) is 5.84 Å². The molecule has 0 aliphatic heterocycles. The van der Waals surface area contributed by atoms with Crippen molar-refractivity contribution in [3.8, 4) is 11.5 Å². The Morgan fingerprint density at radius 1 is 1.19 bits per heavy atom. The van der Waals surface area contributed by atoms with E-state index < -0.39 is 0 Å². The third-order valence-electron chi connectivity index (χ3n) is 3.71. The van der Waals surface area contributed by atoms with Gasteiger partial charge in [-0.25, -0.2) is 4.99 Å². The molecule has 5 nitrogen and oxygen atoms in total. The molecular weight excluding hydrogens is 474 g/mol. The first-order chi connectivity index (χ1) is 12.9. The molecular formula is C20H21Br2N3O2. The molecule has 0 heterocycles. The summed E-state index contributed by atoms with van der Waals surface area (Å²) in [7, 11) is 1.59. The molecule has 1 N–H and O–H groups in total. The van der Waals surface area contributed by atoms with Crippen LogP contribution < -0.4 is 4.74 Å². The highest BCUT2D eigenvalue weighted by Crippen LogP contribution is 2.33. The number of halogens is 2. The van der Waals surface area contributed by atoms with E-state index in [2.05, 4.69) is 66.1 Å². The van der Waals surface area contributed by atoms with Gasteiger partial charge < -0.3 is 9.84 Å². The Morgan fingerprint density at radius 2 is 1.89 bits per heavy atom. The molecule has 142 valence electrons. The number of benzene rings is 2. The lowest BCUT2D eigenvalue weighted by molar-refractivity contribution is 0.370. The predicted octanol–water partition coefficient (Wildman–Crippen LogP) is 6.32. The molecule has 0 aliphatic rings. The zero-order valence-corrected chi connectivity index (χ0v) is 18.6. The van der Waals surface area contributed by atoms with E-state index in [1.54, 1.807) is 25.4 Å². The number of azo groups is 1. The number of aryl methyl sites for hydroxylation is 2. The fourth-order valence-corrected chi connectivity index (χ4v) is 3.55. The molecule has 0 saturated carbocycles. The van der Waals surface area contributed by atoms with Gasteiger partial charge in [-0.05, 0) is 86.2 Å². The molecule has 0 saturated heterocycles. The molecule has 2 rings (SSSR count). The maximum atomic E-state index is 9.77. The van der Waals surface area contributed by atoms with Gasteiger partial charge in [0.1, 0.15) is 18.1 Å². The largest absolute Gasteiger partial charge is 0.506 e. The lowest BCUT2D eigenvalue weighted by Gasteiger charge is -2.10. The van der Waals surface area contributed by atoms with Crippen molar-refractivity contribution in [2.45, 2.75) is 20.3 Å². The maximum Gasteiger partial charge on any atom is 0.188 e. The van der Waals surface area contributed by atoms with Crippen molar-refractivity contribution in [2.75, 3.05) is 13.7 Å². The summed E-state index contributed by atoms with van der Waals surface area (Å²) in [6.07, 6.45) is 4.34. The first-order valence-electron chi connectivity index (χ1n) is 8.38. The molecule has 7 heteroatoms. The zero-order valence-electron chi connectivity index (χ0n) is 15.4. The van der Waals surface area contributed by atoms with Gasteiger partial charge in [0.25, 0.3) is 0 Å². The molecule has 0 aromatic heterocycles. The Kier molecular flexibility index (Phi) is 8.19. The van der Waals surface area contributed by atoms with E-state index in [4.69, 9.17) is 4.74 Å². The van der Waals surface area contributed by atoms with Gasteiger partial charge >= 0.3 is 0 Å². The van der Waals surface area contributed by atoms with Crippen molar-refractivity contribution in [3.05, 3.63) is 62.2 Å². The van der Waals surface area contributed by atoms with Crippen LogP contribution in [0.25, 0.3) is 6.08 Å². The molecule has 0 unspecified atom stereocenters. The number of nitrogens with zero attached hydrogens (tertiary/aromatic N) is 3. The molecule has 0 amide bonds. The minimum absolute atomic E-state index is 0.161. The molecule has 27 heavy (non-hydrogen) atoms. The second-order valence-electron chi connectivity index (χ2n) is 5.75. The van der Waals surface area contributed by atoms with Crippen molar-refractivity contribution in [1.29, 1.82) is 0 Å². The van der Waals surface area contributed by atoms with Crippen LogP contribution in [0.3, 0.4) is 0 Å². The number of hydrogen-bond donors (Lipinski definition) is 1. The van der Waals surface area contributed by atoms with Gasteiger partial charge in [-0.2, -0.15) is 5.11 Å².